The van der Waals surface area contributed by atoms with E-state index in [-0.39, 0.29) is 12.5 Å². The van der Waals surface area contributed by atoms with Crippen LogP contribution in [-0.2, 0) is 4.74 Å². The van der Waals surface area contributed by atoms with Crippen molar-refractivity contribution in [1.82, 2.24) is 0 Å². The molecule has 0 spiro atoms. The van der Waals surface area contributed by atoms with Crippen molar-refractivity contribution in [3.8, 4) is 0 Å². The number of azo groups is 1. The lowest BCUT2D eigenvalue weighted by Crippen LogP contribution is -2.08. The van der Waals surface area contributed by atoms with Gasteiger partial charge in [-0.2, -0.15) is 0 Å². The van der Waals surface area contributed by atoms with Gasteiger partial charge in [0.1, 0.15) is 5.82 Å². The molecule has 0 aromatic heterocycles. The highest BCUT2D eigenvalue weighted by molar-refractivity contribution is 5.90. The van der Waals surface area contributed by atoms with Gasteiger partial charge in [0.25, 0.3) is 0 Å². The highest BCUT2D eigenvalue weighted by Crippen LogP contribution is 2.08. The van der Waals surface area contributed by atoms with Gasteiger partial charge in [-0.05, 0) is 30.2 Å². The molecule has 1 aromatic carbocycles. The SMILES string of the molecule is CC(C)COC(=O)/N=N/C(=O)Nc1ccc(F)cc1. The molecule has 6 nitrogen and oxygen atoms in total. The Hall–Kier alpha value is -2.31. The fraction of sp³-hybridized carbons (Fsp3) is 0.333. The summed E-state index contributed by atoms with van der Waals surface area (Å²) in [7, 11) is 0. The predicted molar refractivity (Wildman–Crippen MR) is 66.5 cm³/mol. The Bertz CT molecular complexity index is 472. The number of urea groups is 1. The topological polar surface area (TPSA) is 80.1 Å². The molecule has 0 saturated carbocycles. The van der Waals surface area contributed by atoms with Gasteiger partial charge in [0.15, 0.2) is 0 Å². The molecule has 0 unspecified atom stereocenters. The number of amides is 3. The third-order valence-electron chi connectivity index (χ3n) is 1.86. The van der Waals surface area contributed by atoms with Crippen LogP contribution in [0, 0.1) is 11.7 Å². The van der Waals surface area contributed by atoms with Gasteiger partial charge < -0.3 is 10.1 Å². The number of carbonyl (C=O) groups excluding carboxylic acids is 2. The van der Waals surface area contributed by atoms with Gasteiger partial charge in [-0.3, -0.25) is 0 Å². The third-order valence-corrected chi connectivity index (χ3v) is 1.86. The number of hydrogen-bond acceptors (Lipinski definition) is 3. The largest absolute Gasteiger partial charge is 0.452 e. The number of nitrogens with one attached hydrogen (secondary N) is 1. The van der Waals surface area contributed by atoms with Crippen molar-refractivity contribution in [2.75, 3.05) is 11.9 Å². The number of nitrogens with zero attached hydrogens (tertiary/aromatic N) is 2. The Kier molecular flexibility index (Phi) is 5.59. The smallest absolute Gasteiger partial charge is 0.447 e. The molecule has 1 N–H and O–H groups in total. The zero-order chi connectivity index (χ0) is 14.3. The summed E-state index contributed by atoms with van der Waals surface area (Å²) in [6.07, 6.45) is -0.928. The van der Waals surface area contributed by atoms with E-state index in [1.807, 2.05) is 13.8 Å². The molecule has 0 aliphatic heterocycles. The monoisotopic (exact) mass is 267 g/mol. The maximum atomic E-state index is 12.6. The number of rotatable bonds is 3. The van der Waals surface area contributed by atoms with Gasteiger partial charge in [0.2, 0.25) is 0 Å². The molecule has 0 bridgehead atoms. The Morgan fingerprint density at radius 3 is 2.47 bits per heavy atom. The van der Waals surface area contributed by atoms with E-state index in [2.05, 4.69) is 15.5 Å². The first kappa shape index (κ1) is 14.7. The second-order valence-electron chi connectivity index (χ2n) is 4.11. The number of carbonyl (C=O) groups is 2. The van der Waals surface area contributed by atoms with E-state index in [1.165, 1.54) is 24.3 Å². The van der Waals surface area contributed by atoms with E-state index in [9.17, 15) is 14.0 Å². The van der Waals surface area contributed by atoms with Gasteiger partial charge in [0.05, 0.1) is 6.61 Å². The van der Waals surface area contributed by atoms with Crippen LogP contribution in [0.25, 0.3) is 0 Å². The molecule has 1 rings (SSSR count). The molecule has 0 fully saturated rings. The second-order valence-corrected chi connectivity index (χ2v) is 4.11. The molecule has 7 heteroatoms. The van der Waals surface area contributed by atoms with E-state index >= 15 is 0 Å². The first-order valence-corrected chi connectivity index (χ1v) is 5.62. The summed E-state index contributed by atoms with van der Waals surface area (Å²) < 4.78 is 17.3. The van der Waals surface area contributed by atoms with Crippen molar-refractivity contribution in [2.24, 2.45) is 16.1 Å². The van der Waals surface area contributed by atoms with Crippen LogP contribution in [0.5, 0.6) is 0 Å². The predicted octanol–water partition coefficient (Wildman–Crippen LogP) is 3.60. The van der Waals surface area contributed by atoms with Gasteiger partial charge >= 0.3 is 12.1 Å². The minimum absolute atomic E-state index is 0.173. The lowest BCUT2D eigenvalue weighted by atomic mass is 10.2. The summed E-state index contributed by atoms with van der Waals surface area (Å²) in [5.74, 6) is -0.246. The van der Waals surface area contributed by atoms with E-state index in [0.717, 1.165) is 0 Å². The van der Waals surface area contributed by atoms with Crippen LogP contribution in [0.4, 0.5) is 19.7 Å². The van der Waals surface area contributed by atoms with Crippen molar-refractivity contribution in [3.05, 3.63) is 30.1 Å². The van der Waals surface area contributed by atoms with Crippen molar-refractivity contribution >= 4 is 17.8 Å². The summed E-state index contributed by atoms with van der Waals surface area (Å²) >= 11 is 0. The van der Waals surface area contributed by atoms with Gasteiger partial charge in [0, 0.05) is 5.69 Å². The summed E-state index contributed by atoms with van der Waals surface area (Å²) in [4.78, 5) is 22.3. The molecule has 1 aromatic rings. The molecule has 0 heterocycles. The lowest BCUT2D eigenvalue weighted by molar-refractivity contribution is 0.141. The van der Waals surface area contributed by atoms with Crippen molar-refractivity contribution in [3.63, 3.8) is 0 Å². The normalized spacial score (nSPS) is 10.7. The number of hydrogen-bond donors (Lipinski definition) is 1. The van der Waals surface area contributed by atoms with Crippen LogP contribution in [0.15, 0.2) is 34.5 Å². The lowest BCUT2D eigenvalue weighted by Gasteiger charge is -2.02. The van der Waals surface area contributed by atoms with Crippen LogP contribution >= 0.6 is 0 Å². The Labute approximate surface area is 109 Å². The number of halogens is 1. The summed E-state index contributed by atoms with van der Waals surface area (Å²) in [5.41, 5.74) is 0.348. The summed E-state index contributed by atoms with van der Waals surface area (Å²) in [6.45, 7) is 3.94. The number of benzene rings is 1. The van der Waals surface area contributed by atoms with Crippen molar-refractivity contribution in [1.29, 1.82) is 0 Å². The van der Waals surface area contributed by atoms with Crippen LogP contribution in [0.3, 0.4) is 0 Å². The van der Waals surface area contributed by atoms with Gasteiger partial charge in [-0.15, -0.1) is 0 Å². The van der Waals surface area contributed by atoms with Crippen molar-refractivity contribution < 1.29 is 18.7 Å². The quantitative estimate of drug-likeness (QED) is 0.849. The third kappa shape index (κ3) is 6.25. The van der Waals surface area contributed by atoms with E-state index in [4.69, 9.17) is 4.74 Å². The molecule has 0 aliphatic rings. The summed E-state index contributed by atoms with van der Waals surface area (Å²) in [5, 5.41) is 8.53. The minimum atomic E-state index is -0.928. The fourth-order valence-electron chi connectivity index (χ4n) is 1.03. The standard InChI is InChI=1S/C12H14FN3O3/c1-8(2)7-19-12(18)16-15-11(17)14-10-5-3-9(13)4-6-10/h3-6,8H,7H2,1-2H3,(H,14,17)/b16-15+. The zero-order valence-corrected chi connectivity index (χ0v) is 10.6. The van der Waals surface area contributed by atoms with Gasteiger partial charge in [-0.1, -0.05) is 24.1 Å². The minimum Gasteiger partial charge on any atom is -0.447 e. The fourth-order valence-corrected chi connectivity index (χ4v) is 1.03. The first-order chi connectivity index (χ1) is 8.97. The highest BCUT2D eigenvalue weighted by atomic mass is 19.1. The second kappa shape index (κ2) is 7.20. The van der Waals surface area contributed by atoms with Crippen LogP contribution in [0.1, 0.15) is 13.8 Å². The average molecular weight is 267 g/mol. The molecule has 0 atom stereocenters. The molecule has 102 valence electrons. The van der Waals surface area contributed by atoms with Gasteiger partial charge in [-0.25, -0.2) is 14.0 Å². The Balaban J connectivity index is 2.42. The Morgan fingerprint density at radius 1 is 1.26 bits per heavy atom. The van der Waals surface area contributed by atoms with Crippen LogP contribution < -0.4 is 5.32 Å². The maximum absolute atomic E-state index is 12.6. The highest BCUT2D eigenvalue weighted by Gasteiger charge is 2.04. The van der Waals surface area contributed by atoms with E-state index in [1.54, 1.807) is 0 Å². The van der Waals surface area contributed by atoms with Crippen LogP contribution in [-0.4, -0.2) is 18.7 Å². The van der Waals surface area contributed by atoms with E-state index in [0.29, 0.717) is 5.69 Å². The molecular formula is C12H14FN3O3. The molecule has 3 amide bonds. The molecule has 0 saturated heterocycles. The van der Waals surface area contributed by atoms with E-state index < -0.39 is 17.9 Å². The van der Waals surface area contributed by atoms with Crippen molar-refractivity contribution in [2.45, 2.75) is 13.8 Å². The number of ether oxygens (including phenoxy) is 1. The molecule has 19 heavy (non-hydrogen) atoms. The first-order valence-electron chi connectivity index (χ1n) is 5.62. The maximum Gasteiger partial charge on any atom is 0.452 e. The molecule has 0 aliphatic carbocycles. The summed E-state index contributed by atoms with van der Waals surface area (Å²) in [6, 6.07) is 4.25. The molecule has 0 radical (unpaired) electrons. The zero-order valence-electron chi connectivity index (χ0n) is 10.6. The molecular weight excluding hydrogens is 253 g/mol. The van der Waals surface area contributed by atoms with Crippen LogP contribution in [0.2, 0.25) is 0 Å². The number of anilines is 1. The average Bonchev–Trinajstić information content (AvgIpc) is 2.36. The Morgan fingerprint density at radius 2 is 1.89 bits per heavy atom.